The minimum absolute atomic E-state index is 0.907. The van der Waals surface area contributed by atoms with E-state index in [2.05, 4.69) is 135 Å². The summed E-state index contributed by atoms with van der Waals surface area (Å²) >= 11 is 0. The molecule has 0 atom stereocenters. The average molecular weight is 576 g/mol. The number of pyridine rings is 2. The Morgan fingerprint density at radius 1 is 0.333 bits per heavy atom. The molecule has 5 heteroatoms. The predicted molar refractivity (Wildman–Crippen MR) is 185 cm³/mol. The quantitative estimate of drug-likeness (QED) is 0.210. The molecule has 0 fully saturated rings. The second-order valence-corrected chi connectivity index (χ2v) is 11.5. The van der Waals surface area contributed by atoms with Crippen molar-refractivity contribution in [1.29, 1.82) is 0 Å². The van der Waals surface area contributed by atoms with Crippen LogP contribution in [0.15, 0.2) is 152 Å². The van der Waals surface area contributed by atoms with Crippen molar-refractivity contribution in [3.8, 4) is 17.2 Å². The first-order valence-electron chi connectivity index (χ1n) is 15.2. The van der Waals surface area contributed by atoms with Gasteiger partial charge in [0.25, 0.3) is 0 Å². The molecule has 45 heavy (non-hydrogen) atoms. The largest absolute Gasteiger partial charge is 0.309 e. The Hall–Kier alpha value is -6.20. The van der Waals surface area contributed by atoms with Crippen molar-refractivity contribution in [2.75, 3.05) is 0 Å². The van der Waals surface area contributed by atoms with Crippen molar-refractivity contribution in [1.82, 2.24) is 23.7 Å². The van der Waals surface area contributed by atoms with Crippen molar-refractivity contribution in [2.24, 2.45) is 0 Å². The molecule has 5 aromatic carbocycles. The molecule has 5 nitrogen and oxygen atoms in total. The summed E-state index contributed by atoms with van der Waals surface area (Å²) < 4.78 is 6.96. The lowest BCUT2D eigenvalue weighted by Crippen LogP contribution is -1.99. The average Bonchev–Trinajstić information content (AvgIpc) is 3.74. The topological polar surface area (TPSA) is 40.6 Å². The highest BCUT2D eigenvalue weighted by Crippen LogP contribution is 2.38. The molecule has 10 aromatic rings. The monoisotopic (exact) mass is 575 g/mol. The minimum atomic E-state index is 0.907. The molecular formula is C40H25N5. The van der Waals surface area contributed by atoms with Crippen molar-refractivity contribution in [3.05, 3.63) is 152 Å². The maximum Gasteiger partial charge on any atom is 0.145 e. The highest BCUT2D eigenvalue weighted by atomic mass is 15.1. The molecule has 0 radical (unpaired) electrons. The molecule has 0 aliphatic heterocycles. The summed E-state index contributed by atoms with van der Waals surface area (Å²) in [5, 5.41) is 7.22. The van der Waals surface area contributed by atoms with E-state index in [1.807, 2.05) is 30.6 Å². The summed E-state index contributed by atoms with van der Waals surface area (Å²) in [7, 11) is 0. The predicted octanol–water partition coefficient (Wildman–Crippen LogP) is 9.77. The fraction of sp³-hybridized carbons (Fsp3) is 0. The molecule has 0 saturated carbocycles. The Labute approximate surface area is 257 Å². The van der Waals surface area contributed by atoms with Gasteiger partial charge < -0.3 is 4.57 Å². The maximum absolute atomic E-state index is 4.84. The third kappa shape index (κ3) is 3.38. The Balaban J connectivity index is 1.29. The summed E-state index contributed by atoms with van der Waals surface area (Å²) in [5.74, 6) is 0.907. The lowest BCUT2D eigenvalue weighted by atomic mass is 10.1. The second-order valence-electron chi connectivity index (χ2n) is 11.5. The zero-order valence-corrected chi connectivity index (χ0v) is 24.2. The second kappa shape index (κ2) is 9.15. The van der Waals surface area contributed by atoms with Crippen LogP contribution in [0.3, 0.4) is 0 Å². The van der Waals surface area contributed by atoms with Crippen LogP contribution in [0.4, 0.5) is 0 Å². The van der Waals surface area contributed by atoms with Crippen LogP contribution < -0.4 is 0 Å². The number of aromatic nitrogens is 5. The third-order valence-corrected chi connectivity index (χ3v) is 9.14. The molecular weight excluding hydrogens is 550 g/mol. The first kappa shape index (κ1) is 24.3. The van der Waals surface area contributed by atoms with Crippen LogP contribution in [0.1, 0.15) is 0 Å². The third-order valence-electron chi connectivity index (χ3n) is 9.14. The van der Waals surface area contributed by atoms with Gasteiger partial charge in [-0.1, -0.05) is 72.8 Å². The number of nitrogens with zero attached hydrogens (tertiary/aromatic N) is 5. The molecule has 0 saturated heterocycles. The molecule has 0 aliphatic rings. The zero-order chi connectivity index (χ0) is 29.5. The highest BCUT2D eigenvalue weighted by molar-refractivity contribution is 6.13. The molecule has 0 spiro atoms. The summed E-state index contributed by atoms with van der Waals surface area (Å²) in [5.41, 5.74) is 8.89. The van der Waals surface area contributed by atoms with Crippen LogP contribution in [0.25, 0.3) is 82.7 Å². The number of fused-ring (bicyclic) bond motifs is 9. The Morgan fingerprint density at radius 3 is 1.49 bits per heavy atom. The number of hydrogen-bond acceptors (Lipinski definition) is 2. The SMILES string of the molecule is c1ccc(-n2c3ccccc3c3ccc(-n4c5ccccc5c5ccc(-n6c7ccccc7c7cccnc76)cc54)cc32)nc1. The van der Waals surface area contributed by atoms with Crippen molar-refractivity contribution in [2.45, 2.75) is 0 Å². The molecule has 0 unspecified atom stereocenters. The summed E-state index contributed by atoms with van der Waals surface area (Å²) in [6.07, 6.45) is 3.74. The van der Waals surface area contributed by atoms with Gasteiger partial charge in [-0.05, 0) is 66.7 Å². The van der Waals surface area contributed by atoms with E-state index in [0.717, 1.165) is 50.3 Å². The van der Waals surface area contributed by atoms with Gasteiger partial charge >= 0.3 is 0 Å². The number of hydrogen-bond donors (Lipinski definition) is 0. The lowest BCUT2D eigenvalue weighted by molar-refractivity contribution is 1.08. The van der Waals surface area contributed by atoms with Crippen LogP contribution >= 0.6 is 0 Å². The van der Waals surface area contributed by atoms with Crippen molar-refractivity contribution >= 4 is 65.5 Å². The molecule has 0 N–H and O–H groups in total. The van der Waals surface area contributed by atoms with Gasteiger partial charge in [-0.25, -0.2) is 9.97 Å². The van der Waals surface area contributed by atoms with Crippen LogP contribution in [0, 0.1) is 0 Å². The van der Waals surface area contributed by atoms with E-state index in [0.29, 0.717) is 0 Å². The molecule has 5 heterocycles. The standard InChI is InChI=1S/C40H25N5/c1-4-14-34-28(10-1)31-21-19-27(44-35-15-5-3-12-30(35)33-13-9-23-42-40(33)44)25-37(31)43(34)26-18-20-32-29-11-2-6-16-36(29)45(38(32)24-26)39-17-7-8-22-41-39/h1-25H. The van der Waals surface area contributed by atoms with E-state index in [4.69, 9.17) is 9.97 Å². The van der Waals surface area contributed by atoms with Crippen molar-refractivity contribution in [3.63, 3.8) is 0 Å². The van der Waals surface area contributed by atoms with Crippen LogP contribution in [-0.4, -0.2) is 23.7 Å². The molecule has 0 bridgehead atoms. The number of benzene rings is 5. The molecule has 10 rings (SSSR count). The zero-order valence-electron chi connectivity index (χ0n) is 24.2. The summed E-state index contributed by atoms with van der Waals surface area (Å²) in [6, 6.07) is 49.7. The van der Waals surface area contributed by atoms with Crippen molar-refractivity contribution < 1.29 is 0 Å². The van der Waals surface area contributed by atoms with Gasteiger partial charge in [0, 0.05) is 56.1 Å². The maximum atomic E-state index is 4.84. The molecule has 210 valence electrons. The van der Waals surface area contributed by atoms with Gasteiger partial charge in [-0.15, -0.1) is 0 Å². The normalized spacial score (nSPS) is 12.0. The molecule has 0 amide bonds. The first-order valence-corrected chi connectivity index (χ1v) is 15.2. The lowest BCUT2D eigenvalue weighted by Gasteiger charge is -2.12. The van der Waals surface area contributed by atoms with Gasteiger partial charge in [0.05, 0.1) is 27.6 Å². The van der Waals surface area contributed by atoms with E-state index < -0.39 is 0 Å². The number of para-hydroxylation sites is 3. The highest BCUT2D eigenvalue weighted by Gasteiger charge is 2.19. The van der Waals surface area contributed by atoms with E-state index in [-0.39, 0.29) is 0 Å². The summed E-state index contributed by atoms with van der Waals surface area (Å²) in [4.78, 5) is 9.59. The van der Waals surface area contributed by atoms with E-state index in [9.17, 15) is 0 Å². The molecule has 0 aliphatic carbocycles. The Morgan fingerprint density at radius 2 is 0.822 bits per heavy atom. The first-order chi connectivity index (χ1) is 22.3. The Kier molecular flexibility index (Phi) is 4.93. The van der Waals surface area contributed by atoms with E-state index >= 15 is 0 Å². The van der Waals surface area contributed by atoms with E-state index in [1.165, 1.54) is 32.4 Å². The molecule has 5 aromatic heterocycles. The minimum Gasteiger partial charge on any atom is -0.309 e. The smallest absolute Gasteiger partial charge is 0.145 e. The van der Waals surface area contributed by atoms with E-state index in [1.54, 1.807) is 0 Å². The van der Waals surface area contributed by atoms with Crippen LogP contribution in [0.5, 0.6) is 0 Å². The van der Waals surface area contributed by atoms with Crippen LogP contribution in [-0.2, 0) is 0 Å². The summed E-state index contributed by atoms with van der Waals surface area (Å²) in [6.45, 7) is 0. The van der Waals surface area contributed by atoms with Gasteiger partial charge in [-0.2, -0.15) is 0 Å². The van der Waals surface area contributed by atoms with Gasteiger partial charge in [0.1, 0.15) is 11.5 Å². The van der Waals surface area contributed by atoms with Gasteiger partial charge in [-0.3, -0.25) is 9.13 Å². The Bertz CT molecular complexity index is 2710. The fourth-order valence-corrected chi connectivity index (χ4v) is 7.26. The fourth-order valence-electron chi connectivity index (χ4n) is 7.26. The van der Waals surface area contributed by atoms with Crippen LogP contribution in [0.2, 0.25) is 0 Å². The van der Waals surface area contributed by atoms with Gasteiger partial charge in [0.2, 0.25) is 0 Å². The van der Waals surface area contributed by atoms with Gasteiger partial charge in [0.15, 0.2) is 0 Å². The number of rotatable bonds is 3.